The Bertz CT molecular complexity index is 453. The molecule has 5 heteroatoms. The molecule has 0 spiro atoms. The van der Waals surface area contributed by atoms with Gasteiger partial charge in [-0.25, -0.2) is 4.98 Å². The van der Waals surface area contributed by atoms with E-state index in [1.807, 2.05) is 6.92 Å². The third-order valence-corrected chi connectivity index (χ3v) is 5.05. The SMILES string of the molecule is CC(N)(C(=O)Nc1nc2c(s1)CCCC2)C1CC1. The van der Waals surface area contributed by atoms with Crippen molar-refractivity contribution in [2.75, 3.05) is 5.32 Å². The number of aryl methyl sites for hydroxylation is 2. The summed E-state index contributed by atoms with van der Waals surface area (Å²) in [5.74, 6) is 0.253. The first-order valence-electron chi connectivity index (χ1n) is 6.66. The van der Waals surface area contributed by atoms with Crippen LogP contribution in [0.3, 0.4) is 0 Å². The first-order chi connectivity index (χ1) is 8.57. The van der Waals surface area contributed by atoms with Crippen LogP contribution in [0.15, 0.2) is 0 Å². The number of nitrogens with one attached hydrogen (secondary N) is 1. The zero-order valence-electron chi connectivity index (χ0n) is 10.7. The average Bonchev–Trinajstić information content (AvgIpc) is 3.10. The van der Waals surface area contributed by atoms with Gasteiger partial charge >= 0.3 is 0 Å². The third-order valence-electron chi connectivity index (χ3n) is 3.98. The second kappa shape index (κ2) is 4.31. The predicted octanol–water partition coefficient (Wildman–Crippen LogP) is 2.09. The van der Waals surface area contributed by atoms with E-state index in [0.29, 0.717) is 5.92 Å². The highest BCUT2D eigenvalue weighted by Crippen LogP contribution is 2.39. The molecule has 0 saturated heterocycles. The minimum absolute atomic E-state index is 0.0869. The lowest BCUT2D eigenvalue weighted by Crippen LogP contribution is -2.50. The van der Waals surface area contributed by atoms with Crippen molar-refractivity contribution in [2.24, 2.45) is 11.7 Å². The summed E-state index contributed by atoms with van der Waals surface area (Å²) in [7, 11) is 0. The van der Waals surface area contributed by atoms with Crippen LogP contribution in [0.2, 0.25) is 0 Å². The van der Waals surface area contributed by atoms with E-state index in [1.54, 1.807) is 11.3 Å². The second-order valence-corrected chi connectivity index (χ2v) is 6.69. The van der Waals surface area contributed by atoms with Crippen molar-refractivity contribution in [1.29, 1.82) is 0 Å². The zero-order valence-corrected chi connectivity index (χ0v) is 11.5. The van der Waals surface area contributed by atoms with Gasteiger partial charge in [-0.05, 0) is 51.4 Å². The van der Waals surface area contributed by atoms with Crippen LogP contribution in [0, 0.1) is 5.92 Å². The van der Waals surface area contributed by atoms with Crippen molar-refractivity contribution < 1.29 is 4.79 Å². The summed E-state index contributed by atoms with van der Waals surface area (Å²) in [6.07, 6.45) is 6.72. The molecule has 1 heterocycles. The maximum atomic E-state index is 12.2. The van der Waals surface area contributed by atoms with Crippen LogP contribution in [-0.2, 0) is 17.6 Å². The van der Waals surface area contributed by atoms with E-state index in [9.17, 15) is 4.79 Å². The van der Waals surface area contributed by atoms with Gasteiger partial charge in [0, 0.05) is 4.88 Å². The van der Waals surface area contributed by atoms with Crippen molar-refractivity contribution in [1.82, 2.24) is 4.98 Å². The Kier molecular flexibility index (Phi) is 2.90. The van der Waals surface area contributed by atoms with Gasteiger partial charge < -0.3 is 11.1 Å². The minimum Gasteiger partial charge on any atom is -0.317 e. The molecule has 0 aromatic carbocycles. The van der Waals surface area contributed by atoms with Crippen molar-refractivity contribution in [3.05, 3.63) is 10.6 Å². The smallest absolute Gasteiger partial charge is 0.246 e. The molecule has 3 rings (SSSR count). The van der Waals surface area contributed by atoms with Crippen LogP contribution in [0.1, 0.15) is 43.2 Å². The predicted molar refractivity (Wildman–Crippen MR) is 72.7 cm³/mol. The van der Waals surface area contributed by atoms with E-state index < -0.39 is 5.54 Å². The quantitative estimate of drug-likeness (QED) is 0.879. The summed E-state index contributed by atoms with van der Waals surface area (Å²) in [5.41, 5.74) is 6.53. The molecule has 1 atom stereocenters. The summed E-state index contributed by atoms with van der Waals surface area (Å²) in [6, 6.07) is 0. The highest BCUT2D eigenvalue weighted by Gasteiger charge is 2.44. The van der Waals surface area contributed by atoms with Crippen LogP contribution >= 0.6 is 11.3 Å². The van der Waals surface area contributed by atoms with Gasteiger partial charge in [-0.3, -0.25) is 4.79 Å². The number of thiazole rings is 1. The maximum Gasteiger partial charge on any atom is 0.246 e. The van der Waals surface area contributed by atoms with Crippen LogP contribution in [0.4, 0.5) is 5.13 Å². The van der Waals surface area contributed by atoms with E-state index in [2.05, 4.69) is 10.3 Å². The highest BCUT2D eigenvalue weighted by molar-refractivity contribution is 7.15. The molecular weight excluding hydrogens is 246 g/mol. The van der Waals surface area contributed by atoms with E-state index in [0.717, 1.165) is 30.8 Å². The number of amides is 1. The normalized spacial score (nSPS) is 22.1. The monoisotopic (exact) mass is 265 g/mol. The average molecular weight is 265 g/mol. The Morgan fingerprint density at radius 3 is 2.83 bits per heavy atom. The molecule has 98 valence electrons. The Labute approximate surface area is 111 Å². The zero-order chi connectivity index (χ0) is 12.8. The maximum absolute atomic E-state index is 12.2. The van der Waals surface area contributed by atoms with Gasteiger partial charge in [-0.2, -0.15) is 0 Å². The third kappa shape index (κ3) is 2.17. The number of anilines is 1. The molecule has 0 bridgehead atoms. The van der Waals surface area contributed by atoms with Gasteiger partial charge in [0.15, 0.2) is 5.13 Å². The van der Waals surface area contributed by atoms with Gasteiger partial charge in [0.05, 0.1) is 11.2 Å². The van der Waals surface area contributed by atoms with E-state index in [4.69, 9.17) is 5.73 Å². The number of hydrogen-bond acceptors (Lipinski definition) is 4. The molecule has 0 aliphatic heterocycles. The number of nitrogens with zero attached hydrogens (tertiary/aromatic N) is 1. The molecule has 4 nitrogen and oxygen atoms in total. The van der Waals surface area contributed by atoms with Crippen molar-refractivity contribution >= 4 is 22.4 Å². The van der Waals surface area contributed by atoms with E-state index in [1.165, 1.54) is 23.4 Å². The first-order valence-corrected chi connectivity index (χ1v) is 7.48. The number of aromatic nitrogens is 1. The topological polar surface area (TPSA) is 68.0 Å². The van der Waals surface area contributed by atoms with Gasteiger partial charge in [0.25, 0.3) is 0 Å². The Morgan fingerprint density at radius 1 is 1.44 bits per heavy atom. The highest BCUT2D eigenvalue weighted by atomic mass is 32.1. The van der Waals surface area contributed by atoms with Crippen molar-refractivity contribution in [3.63, 3.8) is 0 Å². The van der Waals surface area contributed by atoms with Crippen LogP contribution in [0.25, 0.3) is 0 Å². The summed E-state index contributed by atoms with van der Waals surface area (Å²) >= 11 is 1.61. The van der Waals surface area contributed by atoms with Crippen LogP contribution in [0.5, 0.6) is 0 Å². The molecule has 0 radical (unpaired) electrons. The summed E-state index contributed by atoms with van der Waals surface area (Å²) in [5, 5.41) is 3.63. The standard InChI is InChI=1S/C13H19N3OS/c1-13(14,8-6-7-8)11(17)16-12-15-9-4-2-3-5-10(9)18-12/h8H,2-7,14H2,1H3,(H,15,16,17). The lowest BCUT2D eigenvalue weighted by molar-refractivity contribution is -0.121. The number of fused-ring (bicyclic) bond motifs is 1. The lowest BCUT2D eigenvalue weighted by Gasteiger charge is -2.22. The Hall–Kier alpha value is -0.940. The fourth-order valence-electron chi connectivity index (χ4n) is 2.51. The van der Waals surface area contributed by atoms with Crippen LogP contribution < -0.4 is 11.1 Å². The largest absolute Gasteiger partial charge is 0.317 e. The Morgan fingerprint density at radius 2 is 2.17 bits per heavy atom. The molecule has 1 saturated carbocycles. The molecule has 1 unspecified atom stereocenters. The molecule has 1 amide bonds. The molecule has 2 aliphatic rings. The van der Waals surface area contributed by atoms with Gasteiger partial charge in [0.2, 0.25) is 5.91 Å². The number of rotatable bonds is 3. The second-order valence-electron chi connectivity index (χ2n) is 5.61. The number of carbonyl (C=O) groups is 1. The van der Waals surface area contributed by atoms with Crippen molar-refractivity contribution in [2.45, 2.75) is 51.0 Å². The van der Waals surface area contributed by atoms with Gasteiger partial charge in [0.1, 0.15) is 0 Å². The van der Waals surface area contributed by atoms with Gasteiger partial charge in [-0.1, -0.05) is 0 Å². The number of nitrogens with two attached hydrogens (primary N) is 1. The van der Waals surface area contributed by atoms with Crippen LogP contribution in [-0.4, -0.2) is 16.4 Å². The summed E-state index contributed by atoms with van der Waals surface area (Å²) in [4.78, 5) is 18.0. The molecular formula is C13H19N3OS. The molecule has 3 N–H and O–H groups in total. The molecule has 2 aliphatic carbocycles. The molecule has 1 fully saturated rings. The van der Waals surface area contributed by atoms with Gasteiger partial charge in [-0.15, -0.1) is 11.3 Å². The number of hydrogen-bond donors (Lipinski definition) is 2. The molecule has 1 aromatic heterocycles. The summed E-state index contributed by atoms with van der Waals surface area (Å²) in [6.45, 7) is 1.83. The van der Waals surface area contributed by atoms with E-state index >= 15 is 0 Å². The van der Waals surface area contributed by atoms with E-state index in [-0.39, 0.29) is 5.91 Å². The Balaban J connectivity index is 1.72. The molecule has 18 heavy (non-hydrogen) atoms. The molecule has 1 aromatic rings. The minimum atomic E-state index is -0.744. The fourth-order valence-corrected chi connectivity index (χ4v) is 3.55. The fraction of sp³-hybridized carbons (Fsp3) is 0.692. The first kappa shape index (κ1) is 12.1. The summed E-state index contributed by atoms with van der Waals surface area (Å²) < 4.78 is 0. The number of carbonyl (C=O) groups excluding carboxylic acids is 1. The van der Waals surface area contributed by atoms with Crippen molar-refractivity contribution in [3.8, 4) is 0 Å². The lowest BCUT2D eigenvalue weighted by atomic mass is 9.96.